The largest absolute Gasteiger partial charge is 0.497 e. The summed E-state index contributed by atoms with van der Waals surface area (Å²) in [4.78, 5) is 12.3. The molecule has 146 valence electrons. The van der Waals surface area contributed by atoms with Crippen LogP contribution in [-0.4, -0.2) is 40.8 Å². The van der Waals surface area contributed by atoms with Crippen LogP contribution in [0.4, 0.5) is 5.69 Å². The van der Waals surface area contributed by atoms with Gasteiger partial charge in [-0.2, -0.15) is 0 Å². The molecule has 2 aromatic carbocycles. The van der Waals surface area contributed by atoms with Gasteiger partial charge in [-0.05, 0) is 61.2 Å². The number of rotatable bonds is 8. The SMILES string of the molecule is COc1cccc(CCNC(=O)CN(c2cc(C)cc(C)c2)S(C)(=O)=O)c1. The minimum atomic E-state index is -3.58. The Morgan fingerprint density at radius 2 is 1.78 bits per heavy atom. The minimum Gasteiger partial charge on any atom is -0.497 e. The summed E-state index contributed by atoms with van der Waals surface area (Å²) in [5, 5.41) is 2.78. The molecule has 0 bridgehead atoms. The molecule has 0 saturated carbocycles. The van der Waals surface area contributed by atoms with Crippen LogP contribution in [0.15, 0.2) is 42.5 Å². The van der Waals surface area contributed by atoms with Gasteiger partial charge in [-0.25, -0.2) is 8.42 Å². The second-order valence-corrected chi connectivity index (χ2v) is 8.47. The van der Waals surface area contributed by atoms with Gasteiger partial charge >= 0.3 is 0 Å². The van der Waals surface area contributed by atoms with Crippen LogP contribution < -0.4 is 14.4 Å². The lowest BCUT2D eigenvalue weighted by Gasteiger charge is -2.22. The molecule has 0 spiro atoms. The standard InChI is InChI=1S/C20H26N2O4S/c1-15-10-16(2)12-18(11-15)22(27(4,24)25)14-20(23)21-9-8-17-6-5-7-19(13-17)26-3/h5-7,10-13H,8-9,14H2,1-4H3,(H,21,23). The number of methoxy groups -OCH3 is 1. The van der Waals surface area contributed by atoms with E-state index in [9.17, 15) is 13.2 Å². The van der Waals surface area contributed by atoms with Crippen molar-refractivity contribution in [3.05, 3.63) is 59.2 Å². The van der Waals surface area contributed by atoms with Gasteiger partial charge in [-0.3, -0.25) is 9.10 Å². The summed E-state index contributed by atoms with van der Waals surface area (Å²) in [5.41, 5.74) is 3.41. The number of sulfonamides is 1. The number of amides is 1. The van der Waals surface area contributed by atoms with Crippen molar-refractivity contribution >= 4 is 21.6 Å². The van der Waals surface area contributed by atoms with E-state index < -0.39 is 10.0 Å². The molecule has 0 aliphatic carbocycles. The van der Waals surface area contributed by atoms with E-state index in [-0.39, 0.29) is 12.5 Å². The first-order valence-electron chi connectivity index (χ1n) is 8.64. The first-order valence-corrected chi connectivity index (χ1v) is 10.5. The fraction of sp³-hybridized carbons (Fsp3) is 0.350. The average Bonchev–Trinajstić information content (AvgIpc) is 2.58. The molecule has 6 nitrogen and oxygen atoms in total. The molecule has 27 heavy (non-hydrogen) atoms. The molecule has 0 unspecified atom stereocenters. The van der Waals surface area contributed by atoms with Crippen molar-refractivity contribution in [3.8, 4) is 5.75 Å². The smallest absolute Gasteiger partial charge is 0.240 e. The Balaban J connectivity index is 2.01. The van der Waals surface area contributed by atoms with E-state index >= 15 is 0 Å². The third kappa shape index (κ3) is 6.29. The first-order chi connectivity index (χ1) is 12.7. The van der Waals surface area contributed by atoms with E-state index in [1.165, 1.54) is 0 Å². The van der Waals surface area contributed by atoms with Crippen molar-refractivity contribution < 1.29 is 17.9 Å². The number of aryl methyl sites for hydroxylation is 2. The van der Waals surface area contributed by atoms with Gasteiger partial charge in [0.25, 0.3) is 0 Å². The highest BCUT2D eigenvalue weighted by Gasteiger charge is 2.21. The average molecular weight is 391 g/mol. The molecule has 7 heteroatoms. The van der Waals surface area contributed by atoms with Crippen molar-refractivity contribution in [3.63, 3.8) is 0 Å². The third-order valence-electron chi connectivity index (χ3n) is 4.05. The summed E-state index contributed by atoms with van der Waals surface area (Å²) in [6.45, 7) is 3.95. The zero-order valence-corrected chi connectivity index (χ0v) is 17.0. The maximum Gasteiger partial charge on any atom is 0.240 e. The Labute approximate surface area is 161 Å². The lowest BCUT2D eigenvalue weighted by molar-refractivity contribution is -0.119. The maximum absolute atomic E-state index is 12.3. The van der Waals surface area contributed by atoms with E-state index in [2.05, 4.69) is 5.32 Å². The molecular formula is C20H26N2O4S. The van der Waals surface area contributed by atoms with Crippen molar-refractivity contribution in [1.82, 2.24) is 5.32 Å². The molecule has 0 aromatic heterocycles. The summed E-state index contributed by atoms with van der Waals surface area (Å²) in [7, 11) is -1.97. The highest BCUT2D eigenvalue weighted by Crippen LogP contribution is 2.21. The van der Waals surface area contributed by atoms with Crippen LogP contribution in [0, 0.1) is 13.8 Å². The normalized spacial score (nSPS) is 11.1. The number of nitrogens with one attached hydrogen (secondary N) is 1. The van der Waals surface area contributed by atoms with Crippen molar-refractivity contribution in [2.24, 2.45) is 0 Å². The van der Waals surface area contributed by atoms with Gasteiger partial charge in [0.05, 0.1) is 19.1 Å². The molecule has 0 radical (unpaired) electrons. The van der Waals surface area contributed by atoms with Gasteiger partial charge < -0.3 is 10.1 Å². The quantitative estimate of drug-likeness (QED) is 0.751. The zero-order chi connectivity index (χ0) is 20.0. The molecule has 0 fully saturated rings. The monoisotopic (exact) mass is 390 g/mol. The van der Waals surface area contributed by atoms with E-state index in [0.717, 1.165) is 33.0 Å². The van der Waals surface area contributed by atoms with Crippen LogP contribution >= 0.6 is 0 Å². The molecular weight excluding hydrogens is 364 g/mol. The second kappa shape index (κ2) is 8.90. The number of hydrogen-bond acceptors (Lipinski definition) is 4. The number of benzene rings is 2. The van der Waals surface area contributed by atoms with Crippen molar-refractivity contribution in [2.45, 2.75) is 20.3 Å². The Morgan fingerprint density at radius 3 is 2.37 bits per heavy atom. The molecule has 1 N–H and O–H groups in total. The maximum atomic E-state index is 12.3. The van der Waals surface area contributed by atoms with Crippen molar-refractivity contribution in [2.75, 3.05) is 30.8 Å². The van der Waals surface area contributed by atoms with Gasteiger partial charge in [0.2, 0.25) is 15.9 Å². The van der Waals surface area contributed by atoms with Crippen LogP contribution in [0.3, 0.4) is 0 Å². The number of nitrogens with zero attached hydrogens (tertiary/aromatic N) is 1. The van der Waals surface area contributed by atoms with Gasteiger partial charge in [-0.15, -0.1) is 0 Å². The molecule has 0 atom stereocenters. The number of hydrogen-bond donors (Lipinski definition) is 1. The molecule has 2 rings (SSSR count). The Kier molecular flexibility index (Phi) is 6.85. The van der Waals surface area contributed by atoms with Crippen molar-refractivity contribution in [1.29, 1.82) is 0 Å². The Hall–Kier alpha value is -2.54. The summed E-state index contributed by atoms with van der Waals surface area (Å²) in [5.74, 6) is 0.416. The van der Waals surface area contributed by atoms with E-state index in [0.29, 0.717) is 18.7 Å². The van der Waals surface area contributed by atoms with E-state index in [1.54, 1.807) is 19.2 Å². The van der Waals surface area contributed by atoms with Crippen LogP contribution in [0.25, 0.3) is 0 Å². The number of carbonyl (C=O) groups is 1. The predicted molar refractivity (Wildman–Crippen MR) is 108 cm³/mol. The molecule has 0 aliphatic heterocycles. The second-order valence-electron chi connectivity index (χ2n) is 6.57. The first kappa shape index (κ1) is 20.8. The lowest BCUT2D eigenvalue weighted by atomic mass is 10.1. The van der Waals surface area contributed by atoms with Gasteiger partial charge in [0, 0.05) is 6.54 Å². The number of anilines is 1. The predicted octanol–water partition coefficient (Wildman–Crippen LogP) is 2.44. The molecule has 2 aromatic rings. The highest BCUT2D eigenvalue weighted by molar-refractivity contribution is 7.92. The van der Waals surface area contributed by atoms with E-state index in [1.807, 2.05) is 44.2 Å². The topological polar surface area (TPSA) is 75.7 Å². The van der Waals surface area contributed by atoms with Crippen LogP contribution in [0.5, 0.6) is 5.75 Å². The van der Waals surface area contributed by atoms with Crippen LogP contribution in [0.1, 0.15) is 16.7 Å². The van der Waals surface area contributed by atoms with Crippen LogP contribution in [0.2, 0.25) is 0 Å². The lowest BCUT2D eigenvalue weighted by Crippen LogP contribution is -2.41. The fourth-order valence-electron chi connectivity index (χ4n) is 2.86. The van der Waals surface area contributed by atoms with Gasteiger partial charge in [0.15, 0.2) is 0 Å². The molecule has 0 saturated heterocycles. The highest BCUT2D eigenvalue weighted by atomic mass is 32.2. The summed E-state index contributed by atoms with van der Waals surface area (Å²) in [6.07, 6.45) is 1.74. The minimum absolute atomic E-state index is 0.250. The summed E-state index contributed by atoms with van der Waals surface area (Å²) in [6, 6.07) is 13.1. The number of carbonyl (C=O) groups excluding carboxylic acids is 1. The summed E-state index contributed by atoms with van der Waals surface area (Å²) >= 11 is 0. The third-order valence-corrected chi connectivity index (χ3v) is 5.19. The fourth-order valence-corrected chi connectivity index (χ4v) is 3.70. The number of ether oxygens (including phenoxy) is 1. The molecule has 1 amide bonds. The Bertz CT molecular complexity index is 890. The summed E-state index contributed by atoms with van der Waals surface area (Å²) < 4.78 is 30.7. The molecule has 0 heterocycles. The molecule has 0 aliphatic rings. The zero-order valence-electron chi connectivity index (χ0n) is 16.2. The van der Waals surface area contributed by atoms with Gasteiger partial charge in [-0.1, -0.05) is 18.2 Å². The van der Waals surface area contributed by atoms with Gasteiger partial charge in [0.1, 0.15) is 12.3 Å². The Morgan fingerprint density at radius 1 is 1.11 bits per heavy atom. The van der Waals surface area contributed by atoms with E-state index in [4.69, 9.17) is 4.74 Å². The van der Waals surface area contributed by atoms with Crippen LogP contribution in [-0.2, 0) is 21.2 Å².